The maximum Gasteiger partial charge on any atom is 0.184 e. The average molecular weight is 371 g/mol. The van der Waals surface area contributed by atoms with Gasteiger partial charge in [0.1, 0.15) is 13.2 Å². The molecule has 0 N–H and O–H groups in total. The lowest BCUT2D eigenvalue weighted by Gasteiger charge is -2.17. The molecule has 0 bridgehead atoms. The molecule has 0 radical (unpaired) electrons. The molecule has 0 fully saturated rings. The second kappa shape index (κ2) is 7.29. The zero-order valence-electron chi connectivity index (χ0n) is 18.0. The molecule has 4 nitrogen and oxygen atoms in total. The Hall–Kier alpha value is -1.84. The van der Waals surface area contributed by atoms with Gasteiger partial charge < -0.3 is 9.47 Å². The summed E-state index contributed by atoms with van der Waals surface area (Å²) in [5.74, 6) is 1.80. The SMILES string of the molecule is Cc1cc(C)c(CCC2=NC(C)(C)CO2)c(C)c1CCC1=NC(C)(C)CO1. The summed E-state index contributed by atoms with van der Waals surface area (Å²) in [6, 6.07) is 2.32. The lowest BCUT2D eigenvalue weighted by molar-refractivity contribution is 0.273. The van der Waals surface area contributed by atoms with Gasteiger partial charge in [-0.05, 0) is 89.1 Å². The van der Waals surface area contributed by atoms with Crippen LogP contribution in [0.4, 0.5) is 0 Å². The molecule has 1 aromatic carbocycles. The summed E-state index contributed by atoms with van der Waals surface area (Å²) in [4.78, 5) is 9.40. The van der Waals surface area contributed by atoms with Gasteiger partial charge in [-0.25, -0.2) is 9.98 Å². The van der Waals surface area contributed by atoms with E-state index in [1.807, 2.05) is 0 Å². The smallest absolute Gasteiger partial charge is 0.184 e. The first kappa shape index (κ1) is 19.9. The quantitative estimate of drug-likeness (QED) is 0.715. The first-order valence-corrected chi connectivity index (χ1v) is 10.1. The number of aryl methyl sites for hydroxylation is 2. The van der Waals surface area contributed by atoms with Crippen LogP contribution in [-0.2, 0) is 22.3 Å². The van der Waals surface area contributed by atoms with Gasteiger partial charge in [-0.2, -0.15) is 0 Å². The van der Waals surface area contributed by atoms with Gasteiger partial charge in [0.05, 0.1) is 11.1 Å². The second-order valence-electron chi connectivity index (χ2n) is 9.31. The van der Waals surface area contributed by atoms with Crippen molar-refractivity contribution in [1.82, 2.24) is 0 Å². The fourth-order valence-electron chi connectivity index (χ4n) is 4.09. The fourth-order valence-corrected chi connectivity index (χ4v) is 4.09. The monoisotopic (exact) mass is 370 g/mol. The van der Waals surface area contributed by atoms with Crippen molar-refractivity contribution in [1.29, 1.82) is 0 Å². The third-order valence-corrected chi connectivity index (χ3v) is 5.51. The van der Waals surface area contributed by atoms with E-state index in [0.717, 1.165) is 37.5 Å². The molecule has 27 heavy (non-hydrogen) atoms. The van der Waals surface area contributed by atoms with E-state index in [0.29, 0.717) is 13.2 Å². The van der Waals surface area contributed by atoms with Crippen LogP contribution in [0.5, 0.6) is 0 Å². The van der Waals surface area contributed by atoms with E-state index in [1.165, 1.54) is 27.8 Å². The van der Waals surface area contributed by atoms with E-state index in [4.69, 9.17) is 19.5 Å². The summed E-state index contributed by atoms with van der Waals surface area (Å²) in [5.41, 5.74) is 6.84. The van der Waals surface area contributed by atoms with Crippen LogP contribution >= 0.6 is 0 Å². The molecular weight excluding hydrogens is 336 g/mol. The van der Waals surface area contributed by atoms with Gasteiger partial charge in [-0.1, -0.05) is 6.07 Å². The first-order chi connectivity index (χ1) is 12.6. The Morgan fingerprint density at radius 2 is 1.15 bits per heavy atom. The minimum absolute atomic E-state index is 0.0758. The molecule has 0 saturated carbocycles. The highest BCUT2D eigenvalue weighted by molar-refractivity contribution is 5.79. The highest BCUT2D eigenvalue weighted by atomic mass is 16.5. The Kier molecular flexibility index (Phi) is 5.38. The molecule has 0 atom stereocenters. The largest absolute Gasteiger partial charge is 0.478 e. The minimum atomic E-state index is -0.0758. The molecule has 0 unspecified atom stereocenters. The minimum Gasteiger partial charge on any atom is -0.478 e. The number of rotatable bonds is 6. The zero-order valence-corrected chi connectivity index (χ0v) is 18.0. The van der Waals surface area contributed by atoms with E-state index < -0.39 is 0 Å². The van der Waals surface area contributed by atoms with E-state index >= 15 is 0 Å². The van der Waals surface area contributed by atoms with Crippen LogP contribution in [0.15, 0.2) is 16.1 Å². The Labute approximate surface area is 164 Å². The predicted octanol–water partition coefficient (Wildman–Crippen LogP) is 4.89. The summed E-state index contributed by atoms with van der Waals surface area (Å²) < 4.78 is 11.6. The van der Waals surface area contributed by atoms with Crippen LogP contribution in [0.2, 0.25) is 0 Å². The van der Waals surface area contributed by atoms with Crippen molar-refractivity contribution in [3.63, 3.8) is 0 Å². The molecule has 3 rings (SSSR count). The van der Waals surface area contributed by atoms with Crippen molar-refractivity contribution in [3.8, 4) is 0 Å². The Morgan fingerprint density at radius 3 is 1.48 bits per heavy atom. The standard InChI is InChI=1S/C23H34N2O2/c1-15-12-16(2)19(9-11-21-25-23(6,7)14-27-21)17(3)18(15)8-10-20-24-22(4,5)13-26-20/h12H,8-11,13-14H2,1-7H3. The number of hydrogen-bond acceptors (Lipinski definition) is 4. The highest BCUT2D eigenvalue weighted by Crippen LogP contribution is 2.27. The fraction of sp³-hybridized carbons (Fsp3) is 0.652. The van der Waals surface area contributed by atoms with E-state index in [1.54, 1.807) is 0 Å². The second-order valence-corrected chi connectivity index (χ2v) is 9.31. The number of benzene rings is 1. The first-order valence-electron chi connectivity index (χ1n) is 10.1. The highest BCUT2D eigenvalue weighted by Gasteiger charge is 2.27. The lowest BCUT2D eigenvalue weighted by atomic mass is 9.89. The van der Waals surface area contributed by atoms with Crippen molar-refractivity contribution < 1.29 is 9.47 Å². The van der Waals surface area contributed by atoms with Gasteiger partial charge in [0.2, 0.25) is 0 Å². The number of hydrogen-bond donors (Lipinski definition) is 0. The van der Waals surface area contributed by atoms with Crippen LogP contribution in [0, 0.1) is 20.8 Å². The number of aliphatic imine (C=N–C) groups is 2. The Balaban J connectivity index is 1.73. The van der Waals surface area contributed by atoms with E-state index in [9.17, 15) is 0 Å². The molecule has 1 aromatic rings. The maximum absolute atomic E-state index is 5.78. The van der Waals surface area contributed by atoms with Crippen LogP contribution in [0.25, 0.3) is 0 Å². The molecule has 0 spiro atoms. The average Bonchev–Trinajstić information content (AvgIpc) is 3.08. The third kappa shape index (κ3) is 4.72. The molecule has 0 saturated heterocycles. The van der Waals surface area contributed by atoms with Crippen LogP contribution in [0.1, 0.15) is 68.4 Å². The summed E-state index contributed by atoms with van der Waals surface area (Å²) in [6.07, 6.45) is 3.70. The molecule has 2 aliphatic rings. The number of nitrogens with zero attached hydrogens (tertiary/aromatic N) is 2. The van der Waals surface area contributed by atoms with Crippen molar-refractivity contribution in [2.24, 2.45) is 9.98 Å². The van der Waals surface area contributed by atoms with Crippen molar-refractivity contribution in [2.75, 3.05) is 13.2 Å². The van der Waals surface area contributed by atoms with Gasteiger partial charge >= 0.3 is 0 Å². The van der Waals surface area contributed by atoms with Crippen LogP contribution in [-0.4, -0.2) is 36.1 Å². The normalized spacial score (nSPS) is 20.1. The molecule has 0 amide bonds. The Morgan fingerprint density at radius 1 is 0.741 bits per heavy atom. The molecule has 2 heterocycles. The predicted molar refractivity (Wildman–Crippen MR) is 112 cm³/mol. The van der Waals surface area contributed by atoms with Crippen molar-refractivity contribution >= 4 is 11.8 Å². The van der Waals surface area contributed by atoms with Crippen molar-refractivity contribution in [2.45, 2.75) is 85.2 Å². The summed E-state index contributed by atoms with van der Waals surface area (Å²) in [6.45, 7) is 16.6. The molecular formula is C23H34N2O2. The van der Waals surface area contributed by atoms with Gasteiger partial charge in [-0.15, -0.1) is 0 Å². The van der Waals surface area contributed by atoms with Crippen molar-refractivity contribution in [3.05, 3.63) is 33.9 Å². The summed E-state index contributed by atoms with van der Waals surface area (Å²) in [7, 11) is 0. The van der Waals surface area contributed by atoms with Crippen LogP contribution < -0.4 is 0 Å². The van der Waals surface area contributed by atoms with Gasteiger partial charge in [0, 0.05) is 12.8 Å². The van der Waals surface area contributed by atoms with Gasteiger partial charge in [-0.3, -0.25) is 0 Å². The Bertz CT molecular complexity index is 726. The van der Waals surface area contributed by atoms with E-state index in [2.05, 4.69) is 54.5 Å². The topological polar surface area (TPSA) is 43.2 Å². The summed E-state index contributed by atoms with van der Waals surface area (Å²) >= 11 is 0. The third-order valence-electron chi connectivity index (χ3n) is 5.51. The van der Waals surface area contributed by atoms with E-state index in [-0.39, 0.29) is 11.1 Å². The lowest BCUT2D eigenvalue weighted by Crippen LogP contribution is -2.17. The molecule has 0 aliphatic carbocycles. The van der Waals surface area contributed by atoms with Gasteiger partial charge in [0.15, 0.2) is 11.8 Å². The molecule has 0 aromatic heterocycles. The number of ether oxygens (including phenoxy) is 2. The molecule has 148 valence electrons. The molecule has 2 aliphatic heterocycles. The van der Waals surface area contributed by atoms with Gasteiger partial charge in [0.25, 0.3) is 0 Å². The van der Waals surface area contributed by atoms with Crippen LogP contribution in [0.3, 0.4) is 0 Å². The maximum atomic E-state index is 5.78. The summed E-state index contributed by atoms with van der Waals surface area (Å²) in [5, 5.41) is 0. The zero-order chi connectivity index (χ0) is 19.8. The molecule has 4 heteroatoms.